The first-order chi connectivity index (χ1) is 14.6. The minimum Gasteiger partial charge on any atom is -0.493 e. The van der Waals surface area contributed by atoms with Crippen LogP contribution in [0.4, 0.5) is 0 Å². The number of thiophene rings is 2. The summed E-state index contributed by atoms with van der Waals surface area (Å²) in [5.74, 6) is 1.02. The van der Waals surface area contributed by atoms with E-state index in [1.165, 1.54) is 17.6 Å². The summed E-state index contributed by atoms with van der Waals surface area (Å²) in [6.45, 7) is 0.680. The molecule has 7 heteroatoms. The maximum Gasteiger partial charge on any atom is 0.223 e. The van der Waals surface area contributed by atoms with Crippen molar-refractivity contribution in [2.45, 2.75) is 25.3 Å². The Bertz CT molecular complexity index is 1040. The number of carbonyl (C=O) groups excluding carboxylic acids is 2. The highest BCUT2D eigenvalue weighted by Crippen LogP contribution is 2.39. The molecule has 4 rings (SSSR count). The van der Waals surface area contributed by atoms with Gasteiger partial charge in [-0.15, -0.1) is 22.7 Å². The summed E-state index contributed by atoms with van der Waals surface area (Å²) in [5.41, 5.74) is 1.74. The average Bonchev–Trinajstić information content (AvgIpc) is 3.47. The maximum atomic E-state index is 13.1. The average molecular weight is 442 g/mol. The van der Waals surface area contributed by atoms with Gasteiger partial charge in [-0.1, -0.05) is 6.07 Å². The third kappa shape index (κ3) is 4.00. The van der Waals surface area contributed by atoms with E-state index in [1.807, 2.05) is 16.3 Å². The summed E-state index contributed by atoms with van der Waals surface area (Å²) in [4.78, 5) is 30.3. The Morgan fingerprint density at radius 2 is 1.87 bits per heavy atom. The first-order valence-electron chi connectivity index (χ1n) is 9.76. The number of rotatable bonds is 7. The number of fused-ring (bicyclic) bond motifs is 1. The van der Waals surface area contributed by atoms with Crippen LogP contribution in [0.3, 0.4) is 0 Å². The largest absolute Gasteiger partial charge is 0.493 e. The molecule has 0 unspecified atom stereocenters. The van der Waals surface area contributed by atoms with Gasteiger partial charge in [0.15, 0.2) is 17.3 Å². The molecule has 0 bridgehead atoms. The van der Waals surface area contributed by atoms with Crippen LogP contribution in [-0.2, 0) is 11.2 Å². The summed E-state index contributed by atoms with van der Waals surface area (Å²) < 4.78 is 10.5. The van der Waals surface area contributed by atoms with Crippen molar-refractivity contribution in [2.75, 3.05) is 20.8 Å². The second-order valence-electron chi connectivity index (χ2n) is 7.05. The third-order valence-electron chi connectivity index (χ3n) is 5.37. The Morgan fingerprint density at radius 1 is 1.03 bits per heavy atom. The van der Waals surface area contributed by atoms with Crippen LogP contribution < -0.4 is 9.47 Å². The van der Waals surface area contributed by atoms with E-state index >= 15 is 0 Å². The van der Waals surface area contributed by atoms with Crippen molar-refractivity contribution >= 4 is 34.4 Å². The molecule has 5 nitrogen and oxygen atoms in total. The lowest BCUT2D eigenvalue weighted by Crippen LogP contribution is -2.39. The first-order valence-corrected chi connectivity index (χ1v) is 11.5. The van der Waals surface area contributed by atoms with Gasteiger partial charge in [0.1, 0.15) is 0 Å². The number of ketones is 1. The summed E-state index contributed by atoms with van der Waals surface area (Å²) in [6, 6.07) is 11.3. The van der Waals surface area contributed by atoms with Crippen LogP contribution >= 0.6 is 22.7 Å². The third-order valence-corrected chi connectivity index (χ3v) is 7.29. The number of carbonyl (C=O) groups is 2. The number of hydrogen-bond acceptors (Lipinski definition) is 6. The Hall–Kier alpha value is -2.64. The summed E-state index contributed by atoms with van der Waals surface area (Å²) in [5, 5.41) is 4.14. The molecule has 0 aliphatic carbocycles. The molecule has 0 saturated carbocycles. The standard InChI is InChI=1S/C23H23NO4S2/c1-27-18-7-5-15(14-19(18)28-2)17(25)6-8-22(26)24-11-9-20-16(10-13-30-20)23(24)21-4-3-12-29-21/h3-5,7,10,12-14,23H,6,8-9,11H2,1-2H3/t23-/m1/s1. The molecule has 0 spiro atoms. The lowest BCUT2D eigenvalue weighted by Gasteiger charge is -2.35. The van der Waals surface area contributed by atoms with Crippen LogP contribution in [0.15, 0.2) is 47.2 Å². The predicted molar refractivity (Wildman–Crippen MR) is 119 cm³/mol. The normalized spacial score (nSPS) is 15.5. The molecule has 1 aliphatic heterocycles. The lowest BCUT2D eigenvalue weighted by molar-refractivity contribution is -0.133. The number of amides is 1. The summed E-state index contributed by atoms with van der Waals surface area (Å²) >= 11 is 3.42. The van der Waals surface area contributed by atoms with Crippen molar-refractivity contribution in [1.82, 2.24) is 4.90 Å². The number of methoxy groups -OCH3 is 2. The zero-order chi connectivity index (χ0) is 21.1. The number of benzene rings is 1. The fourth-order valence-electron chi connectivity index (χ4n) is 3.86. The van der Waals surface area contributed by atoms with Crippen LogP contribution in [0.1, 0.15) is 44.6 Å². The van der Waals surface area contributed by atoms with Crippen LogP contribution in [0.5, 0.6) is 11.5 Å². The van der Waals surface area contributed by atoms with E-state index < -0.39 is 0 Å². The highest BCUT2D eigenvalue weighted by Gasteiger charge is 2.33. The minimum absolute atomic E-state index is 0.0130. The smallest absolute Gasteiger partial charge is 0.223 e. The number of nitrogens with zero attached hydrogens (tertiary/aromatic N) is 1. The van der Waals surface area contributed by atoms with Crippen molar-refractivity contribution in [3.8, 4) is 11.5 Å². The molecule has 1 amide bonds. The fraction of sp³-hybridized carbons (Fsp3) is 0.304. The number of Topliss-reactive ketones (excluding diaryl/α,β-unsaturated/α-hetero) is 1. The van der Waals surface area contributed by atoms with Gasteiger partial charge in [0, 0.05) is 34.7 Å². The summed E-state index contributed by atoms with van der Waals surface area (Å²) in [6.07, 6.45) is 1.22. The highest BCUT2D eigenvalue weighted by atomic mass is 32.1. The molecular formula is C23H23NO4S2. The van der Waals surface area contributed by atoms with E-state index in [-0.39, 0.29) is 30.6 Å². The van der Waals surface area contributed by atoms with Crippen molar-refractivity contribution in [2.24, 2.45) is 0 Å². The van der Waals surface area contributed by atoms with Crippen molar-refractivity contribution in [1.29, 1.82) is 0 Å². The molecule has 156 valence electrons. The molecule has 0 N–H and O–H groups in total. The zero-order valence-electron chi connectivity index (χ0n) is 16.9. The van der Waals surface area contributed by atoms with E-state index in [4.69, 9.17) is 9.47 Å². The highest BCUT2D eigenvalue weighted by molar-refractivity contribution is 7.10. The molecule has 0 fully saturated rings. The molecule has 3 aromatic rings. The van der Waals surface area contributed by atoms with E-state index in [1.54, 1.807) is 48.0 Å². The van der Waals surface area contributed by atoms with Gasteiger partial charge < -0.3 is 14.4 Å². The Morgan fingerprint density at radius 3 is 2.60 bits per heavy atom. The molecule has 0 radical (unpaired) electrons. The van der Waals surface area contributed by atoms with Gasteiger partial charge in [-0.3, -0.25) is 9.59 Å². The SMILES string of the molecule is COc1ccc(C(=O)CCC(=O)N2CCc3sccc3[C@@H]2c2cccs2)cc1OC. The molecular weight excluding hydrogens is 418 g/mol. The Labute approximate surface area is 183 Å². The zero-order valence-corrected chi connectivity index (χ0v) is 18.6. The van der Waals surface area contributed by atoms with Crippen LogP contribution in [0.2, 0.25) is 0 Å². The van der Waals surface area contributed by atoms with Crippen LogP contribution in [-0.4, -0.2) is 37.4 Å². The van der Waals surface area contributed by atoms with Gasteiger partial charge in [0.2, 0.25) is 5.91 Å². The van der Waals surface area contributed by atoms with E-state index in [9.17, 15) is 9.59 Å². The molecule has 0 saturated heterocycles. The fourth-order valence-corrected chi connectivity index (χ4v) is 5.62. The van der Waals surface area contributed by atoms with Crippen molar-refractivity contribution in [3.63, 3.8) is 0 Å². The minimum atomic E-state index is -0.0785. The second kappa shape index (κ2) is 9.02. The van der Waals surface area contributed by atoms with Gasteiger partial charge in [0.05, 0.1) is 20.3 Å². The summed E-state index contributed by atoms with van der Waals surface area (Å²) in [7, 11) is 3.09. The van der Waals surface area contributed by atoms with Gasteiger partial charge in [-0.05, 0) is 53.1 Å². The monoisotopic (exact) mass is 441 g/mol. The molecule has 1 aliphatic rings. The maximum absolute atomic E-state index is 13.1. The topological polar surface area (TPSA) is 55.8 Å². The van der Waals surface area contributed by atoms with Crippen molar-refractivity contribution < 1.29 is 19.1 Å². The predicted octanol–water partition coefficient (Wildman–Crippen LogP) is 4.96. The van der Waals surface area contributed by atoms with Gasteiger partial charge >= 0.3 is 0 Å². The first kappa shape index (κ1) is 20.6. The molecule has 30 heavy (non-hydrogen) atoms. The van der Waals surface area contributed by atoms with Gasteiger partial charge in [-0.2, -0.15) is 0 Å². The van der Waals surface area contributed by atoms with Crippen molar-refractivity contribution in [3.05, 3.63) is 68.0 Å². The molecule has 2 aromatic heterocycles. The molecule has 3 heterocycles. The Kier molecular flexibility index (Phi) is 6.20. The van der Waals surface area contributed by atoms with E-state index in [2.05, 4.69) is 17.5 Å². The van der Waals surface area contributed by atoms with Crippen LogP contribution in [0, 0.1) is 0 Å². The number of ether oxygens (including phenoxy) is 2. The van der Waals surface area contributed by atoms with Gasteiger partial charge in [0.25, 0.3) is 0 Å². The molecule has 1 aromatic carbocycles. The van der Waals surface area contributed by atoms with Crippen LogP contribution in [0.25, 0.3) is 0 Å². The Balaban J connectivity index is 1.48. The lowest BCUT2D eigenvalue weighted by atomic mass is 9.97. The van der Waals surface area contributed by atoms with E-state index in [0.29, 0.717) is 23.6 Å². The van der Waals surface area contributed by atoms with E-state index in [0.717, 1.165) is 11.3 Å². The number of hydrogen-bond donors (Lipinski definition) is 0. The van der Waals surface area contributed by atoms with Gasteiger partial charge in [-0.25, -0.2) is 0 Å². The second-order valence-corrected chi connectivity index (χ2v) is 9.03. The quantitative estimate of drug-likeness (QED) is 0.486. The molecule has 1 atom stereocenters.